The summed E-state index contributed by atoms with van der Waals surface area (Å²) in [5.74, 6) is 1.08. The van der Waals surface area contributed by atoms with E-state index in [1.54, 1.807) is 0 Å². The van der Waals surface area contributed by atoms with Crippen molar-refractivity contribution in [1.29, 1.82) is 0 Å². The van der Waals surface area contributed by atoms with E-state index in [0.717, 1.165) is 18.9 Å². The molecule has 1 aliphatic heterocycles. The van der Waals surface area contributed by atoms with Gasteiger partial charge in [0.05, 0.1) is 6.10 Å². The summed E-state index contributed by atoms with van der Waals surface area (Å²) in [6, 6.07) is 9.20. The minimum atomic E-state index is 0.459. The molecule has 100 valence electrons. The first kappa shape index (κ1) is 13.9. The van der Waals surface area contributed by atoms with E-state index in [0.29, 0.717) is 12.1 Å². The van der Waals surface area contributed by atoms with Crippen LogP contribution in [0.25, 0.3) is 0 Å². The molecule has 1 N–H and O–H groups in total. The van der Waals surface area contributed by atoms with Crippen molar-refractivity contribution in [1.82, 2.24) is 5.32 Å². The Morgan fingerprint density at radius 2 is 2.22 bits per heavy atom. The summed E-state index contributed by atoms with van der Waals surface area (Å²) in [4.78, 5) is 1.39. The second-order valence-electron chi connectivity index (χ2n) is 5.09. The first-order valence-electron chi connectivity index (χ1n) is 6.81. The molecule has 1 aromatic rings. The van der Waals surface area contributed by atoms with Crippen LogP contribution in [0.5, 0.6) is 0 Å². The van der Waals surface area contributed by atoms with Crippen LogP contribution < -0.4 is 5.32 Å². The minimum Gasteiger partial charge on any atom is -0.377 e. The maximum absolute atomic E-state index is 5.68. The standard InChI is InChI=1S/C15H23NOS/c1-12(2)16-10-13-6-3-4-8-15(13)18-11-14-7-5-9-17-14/h3-4,6,8,12,14,16H,5,7,9-11H2,1-2H3. The molecule has 2 rings (SSSR count). The van der Waals surface area contributed by atoms with Crippen molar-refractivity contribution in [2.45, 2.75) is 50.3 Å². The second-order valence-corrected chi connectivity index (χ2v) is 6.15. The fourth-order valence-electron chi connectivity index (χ4n) is 2.06. The molecule has 0 radical (unpaired) electrons. The van der Waals surface area contributed by atoms with E-state index in [4.69, 9.17) is 4.74 Å². The van der Waals surface area contributed by atoms with Crippen LogP contribution in [0.3, 0.4) is 0 Å². The quantitative estimate of drug-likeness (QED) is 0.796. The number of ether oxygens (including phenoxy) is 1. The van der Waals surface area contributed by atoms with Crippen LogP contribution in [0.4, 0.5) is 0 Å². The Morgan fingerprint density at radius 3 is 2.94 bits per heavy atom. The van der Waals surface area contributed by atoms with Gasteiger partial charge in [0.15, 0.2) is 0 Å². The van der Waals surface area contributed by atoms with Gasteiger partial charge in [0.25, 0.3) is 0 Å². The van der Waals surface area contributed by atoms with E-state index in [9.17, 15) is 0 Å². The molecule has 1 fully saturated rings. The van der Waals surface area contributed by atoms with Gasteiger partial charge >= 0.3 is 0 Å². The molecule has 1 aromatic carbocycles. The highest BCUT2D eigenvalue weighted by Gasteiger charge is 2.16. The minimum absolute atomic E-state index is 0.459. The molecule has 0 bridgehead atoms. The summed E-state index contributed by atoms with van der Waals surface area (Å²) >= 11 is 1.93. The predicted octanol–water partition coefficient (Wildman–Crippen LogP) is 3.46. The first-order valence-corrected chi connectivity index (χ1v) is 7.80. The van der Waals surface area contributed by atoms with E-state index < -0.39 is 0 Å². The van der Waals surface area contributed by atoms with Gasteiger partial charge in [-0.1, -0.05) is 32.0 Å². The second kappa shape index (κ2) is 7.17. The fraction of sp³-hybridized carbons (Fsp3) is 0.600. The summed E-state index contributed by atoms with van der Waals surface area (Å²) in [6.45, 7) is 6.26. The van der Waals surface area contributed by atoms with Crippen LogP contribution in [0.15, 0.2) is 29.2 Å². The lowest BCUT2D eigenvalue weighted by molar-refractivity contribution is 0.129. The van der Waals surface area contributed by atoms with E-state index >= 15 is 0 Å². The van der Waals surface area contributed by atoms with Crippen LogP contribution in [0.1, 0.15) is 32.3 Å². The Bertz CT molecular complexity index is 361. The maximum Gasteiger partial charge on any atom is 0.0669 e. The van der Waals surface area contributed by atoms with Gasteiger partial charge < -0.3 is 10.1 Å². The van der Waals surface area contributed by atoms with Gasteiger partial charge in [-0.25, -0.2) is 0 Å². The largest absolute Gasteiger partial charge is 0.377 e. The normalized spacial score (nSPS) is 19.6. The van der Waals surface area contributed by atoms with Crippen molar-refractivity contribution in [2.24, 2.45) is 0 Å². The van der Waals surface area contributed by atoms with Gasteiger partial charge in [0, 0.05) is 29.8 Å². The molecule has 0 saturated carbocycles. The van der Waals surface area contributed by atoms with Crippen LogP contribution in [0, 0.1) is 0 Å². The fourth-order valence-corrected chi connectivity index (χ4v) is 3.19. The number of thioether (sulfide) groups is 1. The summed E-state index contributed by atoms with van der Waals surface area (Å²) in [7, 11) is 0. The highest BCUT2D eigenvalue weighted by molar-refractivity contribution is 7.99. The predicted molar refractivity (Wildman–Crippen MR) is 78.1 cm³/mol. The zero-order valence-corrected chi connectivity index (χ0v) is 12.1. The number of hydrogen-bond acceptors (Lipinski definition) is 3. The average Bonchev–Trinajstić information content (AvgIpc) is 2.88. The third kappa shape index (κ3) is 4.30. The SMILES string of the molecule is CC(C)NCc1ccccc1SCC1CCCO1. The maximum atomic E-state index is 5.68. The molecule has 1 unspecified atom stereocenters. The molecule has 0 aromatic heterocycles. The molecule has 1 heterocycles. The zero-order valence-electron chi connectivity index (χ0n) is 11.3. The van der Waals surface area contributed by atoms with Crippen LogP contribution >= 0.6 is 11.8 Å². The number of hydrogen-bond donors (Lipinski definition) is 1. The Kier molecular flexibility index (Phi) is 5.54. The molecular weight excluding hydrogens is 242 g/mol. The van der Waals surface area contributed by atoms with E-state index in [2.05, 4.69) is 43.4 Å². The van der Waals surface area contributed by atoms with Crippen molar-refractivity contribution >= 4 is 11.8 Å². The number of benzene rings is 1. The van der Waals surface area contributed by atoms with E-state index in [1.807, 2.05) is 11.8 Å². The van der Waals surface area contributed by atoms with Gasteiger partial charge in [0.1, 0.15) is 0 Å². The van der Waals surface area contributed by atoms with Crippen molar-refractivity contribution in [3.63, 3.8) is 0 Å². The van der Waals surface area contributed by atoms with E-state index in [-0.39, 0.29) is 0 Å². The lowest BCUT2D eigenvalue weighted by Gasteiger charge is -2.14. The molecular formula is C15H23NOS. The highest BCUT2D eigenvalue weighted by atomic mass is 32.2. The van der Waals surface area contributed by atoms with Crippen LogP contribution in [-0.2, 0) is 11.3 Å². The third-order valence-corrected chi connectivity index (χ3v) is 4.37. The average molecular weight is 265 g/mol. The lowest BCUT2D eigenvalue weighted by atomic mass is 10.2. The Labute approximate surface area is 114 Å². The number of nitrogens with one attached hydrogen (secondary N) is 1. The molecule has 0 aliphatic carbocycles. The van der Waals surface area contributed by atoms with Gasteiger partial charge in [-0.2, -0.15) is 0 Å². The topological polar surface area (TPSA) is 21.3 Å². The van der Waals surface area contributed by atoms with Crippen molar-refractivity contribution < 1.29 is 4.74 Å². The summed E-state index contributed by atoms with van der Waals surface area (Å²) in [5, 5.41) is 3.49. The lowest BCUT2D eigenvalue weighted by Crippen LogP contribution is -2.22. The first-order chi connectivity index (χ1) is 8.75. The zero-order chi connectivity index (χ0) is 12.8. The Balaban J connectivity index is 1.89. The summed E-state index contributed by atoms with van der Waals surface area (Å²) in [6.07, 6.45) is 2.90. The van der Waals surface area contributed by atoms with Crippen molar-refractivity contribution in [3.8, 4) is 0 Å². The van der Waals surface area contributed by atoms with Crippen molar-refractivity contribution in [3.05, 3.63) is 29.8 Å². The van der Waals surface area contributed by atoms with Gasteiger partial charge in [-0.05, 0) is 24.5 Å². The van der Waals surface area contributed by atoms with Crippen LogP contribution in [-0.4, -0.2) is 24.5 Å². The highest BCUT2D eigenvalue weighted by Crippen LogP contribution is 2.26. The van der Waals surface area contributed by atoms with Crippen LogP contribution in [0.2, 0.25) is 0 Å². The summed E-state index contributed by atoms with van der Waals surface area (Å²) < 4.78 is 5.68. The number of rotatable bonds is 6. The molecule has 0 spiro atoms. The van der Waals surface area contributed by atoms with Gasteiger partial charge in [0.2, 0.25) is 0 Å². The molecule has 18 heavy (non-hydrogen) atoms. The molecule has 3 heteroatoms. The molecule has 1 atom stereocenters. The van der Waals surface area contributed by atoms with Gasteiger partial charge in [-0.3, -0.25) is 0 Å². The van der Waals surface area contributed by atoms with E-state index in [1.165, 1.54) is 23.3 Å². The van der Waals surface area contributed by atoms with Gasteiger partial charge in [-0.15, -0.1) is 11.8 Å². The molecule has 2 nitrogen and oxygen atoms in total. The molecule has 1 aliphatic rings. The third-order valence-electron chi connectivity index (χ3n) is 3.12. The monoisotopic (exact) mass is 265 g/mol. The smallest absolute Gasteiger partial charge is 0.0669 e. The Hall–Kier alpha value is -0.510. The van der Waals surface area contributed by atoms with Crippen molar-refractivity contribution in [2.75, 3.05) is 12.4 Å². The molecule has 1 saturated heterocycles. The molecule has 0 amide bonds. The Morgan fingerprint density at radius 1 is 1.39 bits per heavy atom. The summed E-state index contributed by atoms with van der Waals surface area (Å²) in [5.41, 5.74) is 1.40.